The average molecular weight is 367 g/mol. The van der Waals surface area contributed by atoms with E-state index in [2.05, 4.69) is 6.07 Å². The van der Waals surface area contributed by atoms with Crippen molar-refractivity contribution in [2.75, 3.05) is 6.54 Å². The van der Waals surface area contributed by atoms with Crippen LogP contribution in [0.4, 0.5) is 4.39 Å². The molecule has 1 amide bonds. The first-order valence-electron chi connectivity index (χ1n) is 9.67. The van der Waals surface area contributed by atoms with Crippen molar-refractivity contribution >= 4 is 5.91 Å². The zero-order valence-electron chi connectivity index (χ0n) is 15.4. The van der Waals surface area contributed by atoms with Crippen LogP contribution >= 0.6 is 0 Å². The molecule has 4 nitrogen and oxygen atoms in total. The molecule has 27 heavy (non-hydrogen) atoms. The first kappa shape index (κ1) is 18.1. The summed E-state index contributed by atoms with van der Waals surface area (Å²) in [5.41, 5.74) is 14.8. The Balaban J connectivity index is 1.55. The number of nitrogens with zero attached hydrogens (tertiary/aromatic N) is 1. The third kappa shape index (κ3) is 3.49. The fraction of sp³-hybridized carbons (Fsp3) is 0.409. The predicted octanol–water partition coefficient (Wildman–Crippen LogP) is 2.84. The largest absolute Gasteiger partial charge is 0.336 e. The number of nitrogens with two attached hydrogens (primary N) is 2. The Morgan fingerprint density at radius 2 is 1.85 bits per heavy atom. The van der Waals surface area contributed by atoms with Crippen LogP contribution in [-0.4, -0.2) is 35.0 Å². The quantitative estimate of drug-likeness (QED) is 0.873. The molecule has 0 aromatic heterocycles. The average Bonchev–Trinajstić information content (AvgIpc) is 3.00. The van der Waals surface area contributed by atoms with Gasteiger partial charge in [0.15, 0.2) is 0 Å². The van der Waals surface area contributed by atoms with Crippen molar-refractivity contribution in [3.05, 3.63) is 59.9 Å². The molecule has 4 rings (SSSR count). The molecule has 4 N–H and O–H groups in total. The molecule has 0 radical (unpaired) electrons. The molecule has 0 bridgehead atoms. The molecular formula is C22H26FN3O. The molecule has 1 heterocycles. The van der Waals surface area contributed by atoms with E-state index in [4.69, 9.17) is 11.5 Å². The summed E-state index contributed by atoms with van der Waals surface area (Å²) in [5, 5.41) is 0. The van der Waals surface area contributed by atoms with Crippen molar-refractivity contribution in [3.63, 3.8) is 0 Å². The number of likely N-dealkylation sites (tertiary alicyclic amines) is 1. The van der Waals surface area contributed by atoms with Gasteiger partial charge in [-0.1, -0.05) is 36.4 Å². The van der Waals surface area contributed by atoms with E-state index in [1.54, 1.807) is 6.07 Å². The molecule has 5 heteroatoms. The summed E-state index contributed by atoms with van der Waals surface area (Å²) in [4.78, 5) is 14.8. The smallest absolute Gasteiger partial charge is 0.242 e. The molecule has 1 aliphatic carbocycles. The molecule has 1 aliphatic heterocycles. The van der Waals surface area contributed by atoms with Gasteiger partial charge in [0.1, 0.15) is 5.82 Å². The zero-order valence-corrected chi connectivity index (χ0v) is 15.4. The van der Waals surface area contributed by atoms with Gasteiger partial charge in [0.25, 0.3) is 0 Å². The van der Waals surface area contributed by atoms with Crippen LogP contribution in [0.5, 0.6) is 0 Å². The van der Waals surface area contributed by atoms with Gasteiger partial charge >= 0.3 is 0 Å². The van der Waals surface area contributed by atoms with Crippen molar-refractivity contribution in [3.8, 4) is 11.1 Å². The second-order valence-corrected chi connectivity index (χ2v) is 7.94. The van der Waals surface area contributed by atoms with Gasteiger partial charge in [-0.15, -0.1) is 0 Å². The summed E-state index contributed by atoms with van der Waals surface area (Å²) in [5.74, 6) is -0.200. The first-order chi connectivity index (χ1) is 13.0. The van der Waals surface area contributed by atoms with E-state index in [1.165, 1.54) is 12.1 Å². The molecule has 2 atom stereocenters. The van der Waals surface area contributed by atoms with Crippen molar-refractivity contribution < 1.29 is 9.18 Å². The molecule has 2 unspecified atom stereocenters. The van der Waals surface area contributed by atoms with Gasteiger partial charge < -0.3 is 16.4 Å². The maximum Gasteiger partial charge on any atom is 0.242 e. The van der Waals surface area contributed by atoms with Gasteiger partial charge in [-0.3, -0.25) is 4.79 Å². The molecule has 2 fully saturated rings. The number of rotatable bonds is 4. The minimum atomic E-state index is -0.689. The maximum absolute atomic E-state index is 13.6. The maximum atomic E-state index is 13.6. The van der Waals surface area contributed by atoms with Crippen molar-refractivity contribution in [1.29, 1.82) is 0 Å². The van der Waals surface area contributed by atoms with Crippen LogP contribution in [0, 0.1) is 5.82 Å². The molecule has 142 valence electrons. The number of halogens is 1. The van der Waals surface area contributed by atoms with Gasteiger partial charge in [-0.05, 0) is 60.9 Å². The van der Waals surface area contributed by atoms with Crippen LogP contribution in [0.1, 0.15) is 31.2 Å². The van der Waals surface area contributed by atoms with Gasteiger partial charge in [0.05, 0.1) is 11.6 Å². The summed E-state index contributed by atoms with van der Waals surface area (Å²) < 4.78 is 13.6. The first-order valence-corrected chi connectivity index (χ1v) is 9.67. The molecule has 1 saturated carbocycles. The van der Waals surface area contributed by atoms with E-state index in [9.17, 15) is 9.18 Å². The van der Waals surface area contributed by atoms with Crippen LogP contribution in [0.3, 0.4) is 0 Å². The number of amides is 1. The molecule has 2 aromatic rings. The zero-order chi connectivity index (χ0) is 19.0. The predicted molar refractivity (Wildman–Crippen MR) is 104 cm³/mol. The molecule has 2 aliphatic rings. The molecular weight excluding hydrogens is 341 g/mol. The van der Waals surface area contributed by atoms with Crippen LogP contribution in [0.2, 0.25) is 0 Å². The van der Waals surface area contributed by atoms with E-state index < -0.39 is 5.54 Å². The Morgan fingerprint density at radius 3 is 2.52 bits per heavy atom. The third-order valence-electron chi connectivity index (χ3n) is 6.06. The number of hydrogen-bond donors (Lipinski definition) is 2. The highest BCUT2D eigenvalue weighted by Gasteiger charge is 2.46. The SMILES string of the molecule is NC1CCN(C(=O)C2(N)CCC2)C1Cc1cccc(-c2cccc(F)c2)c1. The fourth-order valence-corrected chi connectivity index (χ4v) is 4.24. The Labute approximate surface area is 159 Å². The monoisotopic (exact) mass is 367 g/mol. The summed E-state index contributed by atoms with van der Waals surface area (Å²) in [6, 6.07) is 14.5. The summed E-state index contributed by atoms with van der Waals surface area (Å²) in [7, 11) is 0. The summed E-state index contributed by atoms with van der Waals surface area (Å²) in [6.45, 7) is 0.674. The van der Waals surface area contributed by atoms with Gasteiger partial charge in [0, 0.05) is 12.6 Å². The lowest BCUT2D eigenvalue weighted by molar-refractivity contribution is -0.141. The topological polar surface area (TPSA) is 72.3 Å². The third-order valence-corrected chi connectivity index (χ3v) is 6.06. The lowest BCUT2D eigenvalue weighted by Gasteiger charge is -2.41. The lowest BCUT2D eigenvalue weighted by Crippen LogP contribution is -2.61. The van der Waals surface area contributed by atoms with E-state index >= 15 is 0 Å². The summed E-state index contributed by atoms with van der Waals surface area (Å²) >= 11 is 0. The van der Waals surface area contributed by atoms with Gasteiger partial charge in [0.2, 0.25) is 5.91 Å². The number of carbonyl (C=O) groups excluding carboxylic acids is 1. The van der Waals surface area contributed by atoms with Crippen molar-refractivity contribution in [1.82, 2.24) is 4.90 Å². The molecule has 2 aromatic carbocycles. The van der Waals surface area contributed by atoms with Crippen LogP contribution in [0.15, 0.2) is 48.5 Å². The fourth-order valence-electron chi connectivity index (χ4n) is 4.24. The molecule has 0 spiro atoms. The highest BCUT2D eigenvalue weighted by Crippen LogP contribution is 2.34. The van der Waals surface area contributed by atoms with Gasteiger partial charge in [-0.25, -0.2) is 4.39 Å². The Bertz CT molecular complexity index is 849. The minimum absolute atomic E-state index is 0.0405. The minimum Gasteiger partial charge on any atom is -0.336 e. The number of benzene rings is 2. The van der Waals surface area contributed by atoms with Crippen LogP contribution in [0.25, 0.3) is 11.1 Å². The molecule has 1 saturated heterocycles. The Hall–Kier alpha value is -2.24. The van der Waals surface area contributed by atoms with Crippen LogP contribution < -0.4 is 11.5 Å². The Kier molecular flexibility index (Phi) is 4.74. The Morgan fingerprint density at radius 1 is 1.15 bits per heavy atom. The summed E-state index contributed by atoms with van der Waals surface area (Å²) in [6.07, 6.45) is 4.03. The van der Waals surface area contributed by atoms with Crippen molar-refractivity contribution in [2.24, 2.45) is 11.5 Å². The number of carbonyl (C=O) groups is 1. The second kappa shape index (κ2) is 7.06. The normalized spacial score (nSPS) is 23.9. The van der Waals surface area contributed by atoms with Crippen LogP contribution in [-0.2, 0) is 11.2 Å². The van der Waals surface area contributed by atoms with E-state index in [1.807, 2.05) is 29.2 Å². The number of hydrogen-bond acceptors (Lipinski definition) is 3. The van der Waals surface area contributed by atoms with Crippen molar-refractivity contribution in [2.45, 2.75) is 49.7 Å². The second-order valence-electron chi connectivity index (χ2n) is 7.94. The van der Waals surface area contributed by atoms with E-state index in [-0.39, 0.29) is 23.8 Å². The van der Waals surface area contributed by atoms with Gasteiger partial charge in [-0.2, -0.15) is 0 Å². The lowest BCUT2D eigenvalue weighted by atomic mass is 9.76. The highest BCUT2D eigenvalue weighted by molar-refractivity contribution is 5.87. The van der Waals surface area contributed by atoms with E-state index in [0.29, 0.717) is 13.0 Å². The highest BCUT2D eigenvalue weighted by atomic mass is 19.1. The standard InChI is InChI=1S/C22H26FN3O/c23-18-7-2-6-17(14-18)16-5-1-4-15(12-16)13-20-19(24)8-11-26(20)21(27)22(25)9-3-10-22/h1-2,4-7,12,14,19-20H,3,8-11,13,24-25H2. The van der Waals surface area contributed by atoms with E-state index in [0.717, 1.165) is 42.4 Å².